The van der Waals surface area contributed by atoms with Gasteiger partial charge in [0.05, 0.1) is 12.2 Å². The topological polar surface area (TPSA) is 59.0 Å². The fourth-order valence-corrected chi connectivity index (χ4v) is 2.36. The van der Waals surface area contributed by atoms with Crippen LogP contribution in [0.15, 0.2) is 12.4 Å². The van der Waals surface area contributed by atoms with Crippen LogP contribution in [0.3, 0.4) is 0 Å². The molecule has 2 N–H and O–H groups in total. The average molecular weight is 287 g/mol. The van der Waals surface area contributed by atoms with Gasteiger partial charge in [-0.3, -0.25) is 9.48 Å². The van der Waals surface area contributed by atoms with Crippen molar-refractivity contribution in [2.45, 2.75) is 32.2 Å². The monoisotopic (exact) mass is 286 g/mol. The summed E-state index contributed by atoms with van der Waals surface area (Å²) in [6.07, 6.45) is 6.54. The van der Waals surface area contributed by atoms with E-state index in [4.69, 9.17) is 0 Å². The lowest BCUT2D eigenvalue weighted by atomic mass is 10.0. The van der Waals surface area contributed by atoms with Crippen LogP contribution < -0.4 is 10.6 Å². The molecule has 5 nitrogen and oxygen atoms in total. The largest absolute Gasteiger partial charge is 0.349 e. The summed E-state index contributed by atoms with van der Waals surface area (Å²) >= 11 is 0. The lowest BCUT2D eigenvalue weighted by Gasteiger charge is -2.13. The second-order valence-corrected chi connectivity index (χ2v) is 5.13. The van der Waals surface area contributed by atoms with Crippen LogP contribution in [0.1, 0.15) is 37.8 Å². The van der Waals surface area contributed by atoms with E-state index in [-0.39, 0.29) is 24.4 Å². The highest BCUT2D eigenvalue weighted by Crippen LogP contribution is 2.15. The van der Waals surface area contributed by atoms with Crippen molar-refractivity contribution in [3.8, 4) is 0 Å². The molecular formula is C13H23ClN4O. The van der Waals surface area contributed by atoms with Crippen molar-refractivity contribution in [3.63, 3.8) is 0 Å². The molecule has 2 atom stereocenters. The second kappa shape index (κ2) is 7.50. The van der Waals surface area contributed by atoms with Gasteiger partial charge in [-0.15, -0.1) is 12.4 Å². The van der Waals surface area contributed by atoms with Crippen LogP contribution in [0.2, 0.25) is 0 Å². The van der Waals surface area contributed by atoms with Gasteiger partial charge in [0, 0.05) is 25.2 Å². The molecule has 0 bridgehead atoms. The summed E-state index contributed by atoms with van der Waals surface area (Å²) in [6, 6.07) is 0.0351. The van der Waals surface area contributed by atoms with Crippen molar-refractivity contribution in [1.29, 1.82) is 0 Å². The number of nitrogens with zero attached hydrogens (tertiary/aromatic N) is 2. The lowest BCUT2D eigenvalue weighted by Crippen LogP contribution is -2.26. The second-order valence-electron chi connectivity index (χ2n) is 5.13. The number of carbonyl (C=O) groups excluding carboxylic acids is 1. The van der Waals surface area contributed by atoms with Crippen LogP contribution in [-0.2, 0) is 11.8 Å². The third kappa shape index (κ3) is 4.84. The third-order valence-electron chi connectivity index (χ3n) is 3.54. The van der Waals surface area contributed by atoms with Crippen LogP contribution in [-0.4, -0.2) is 28.8 Å². The van der Waals surface area contributed by atoms with E-state index in [1.54, 1.807) is 10.9 Å². The van der Waals surface area contributed by atoms with Crippen LogP contribution in [0, 0.1) is 5.92 Å². The molecule has 1 fully saturated rings. The number of nitrogens with one attached hydrogen (secondary N) is 2. The molecule has 1 amide bonds. The number of rotatable bonds is 5. The molecule has 2 heterocycles. The Morgan fingerprint density at radius 2 is 2.47 bits per heavy atom. The molecule has 6 heteroatoms. The van der Waals surface area contributed by atoms with E-state index in [0.717, 1.165) is 25.1 Å². The van der Waals surface area contributed by atoms with Crippen molar-refractivity contribution < 1.29 is 4.79 Å². The van der Waals surface area contributed by atoms with Gasteiger partial charge in [-0.05, 0) is 38.8 Å². The van der Waals surface area contributed by atoms with Gasteiger partial charge < -0.3 is 10.6 Å². The van der Waals surface area contributed by atoms with Crippen LogP contribution in [0.25, 0.3) is 0 Å². The Bertz CT molecular complexity index is 401. The molecule has 1 aliphatic heterocycles. The summed E-state index contributed by atoms with van der Waals surface area (Å²) in [6.45, 7) is 4.15. The molecule has 1 aliphatic rings. The Hall–Kier alpha value is -1.07. The van der Waals surface area contributed by atoms with Gasteiger partial charge in [-0.2, -0.15) is 5.10 Å². The molecule has 1 saturated heterocycles. The first-order valence-corrected chi connectivity index (χ1v) is 6.64. The maximum atomic E-state index is 11.8. The standard InChI is InChI=1S/C13H22N4O.ClH/c1-10(12-8-15-17(2)9-12)16-13(18)4-3-11-5-6-14-7-11;/h8-11,14H,3-7H2,1-2H3,(H,16,18);1H. The molecule has 0 spiro atoms. The molecule has 0 radical (unpaired) electrons. The zero-order valence-electron chi connectivity index (χ0n) is 11.6. The normalized spacial score (nSPS) is 19.8. The Morgan fingerprint density at radius 3 is 3.05 bits per heavy atom. The molecule has 0 aromatic carbocycles. The minimum atomic E-state index is 0. The van der Waals surface area contributed by atoms with Gasteiger partial charge in [-0.25, -0.2) is 0 Å². The molecule has 1 aromatic rings. The Labute approximate surface area is 120 Å². The number of hydrogen-bond donors (Lipinski definition) is 2. The SMILES string of the molecule is CC(NC(=O)CCC1CCNC1)c1cnn(C)c1.Cl. The smallest absolute Gasteiger partial charge is 0.220 e. The van der Waals surface area contributed by atoms with Crippen molar-refractivity contribution in [1.82, 2.24) is 20.4 Å². The average Bonchev–Trinajstić information content (AvgIpc) is 2.97. The van der Waals surface area contributed by atoms with E-state index in [9.17, 15) is 4.79 Å². The van der Waals surface area contributed by atoms with E-state index in [2.05, 4.69) is 15.7 Å². The summed E-state index contributed by atoms with van der Waals surface area (Å²) in [5.41, 5.74) is 1.05. The van der Waals surface area contributed by atoms with E-state index >= 15 is 0 Å². The molecule has 0 aliphatic carbocycles. The maximum Gasteiger partial charge on any atom is 0.220 e. The number of aromatic nitrogens is 2. The first-order valence-electron chi connectivity index (χ1n) is 6.64. The molecule has 2 rings (SSSR count). The molecule has 1 aromatic heterocycles. The first-order chi connectivity index (χ1) is 8.65. The number of halogens is 1. The molecule has 108 valence electrons. The van der Waals surface area contributed by atoms with E-state index in [0.29, 0.717) is 12.3 Å². The zero-order chi connectivity index (χ0) is 13.0. The molecule has 19 heavy (non-hydrogen) atoms. The number of carbonyl (C=O) groups is 1. The van der Waals surface area contributed by atoms with Gasteiger partial charge >= 0.3 is 0 Å². The highest BCUT2D eigenvalue weighted by molar-refractivity contribution is 5.85. The highest BCUT2D eigenvalue weighted by atomic mass is 35.5. The number of amides is 1. The lowest BCUT2D eigenvalue weighted by molar-refractivity contribution is -0.122. The zero-order valence-corrected chi connectivity index (χ0v) is 12.4. The summed E-state index contributed by atoms with van der Waals surface area (Å²) in [7, 11) is 1.88. The van der Waals surface area contributed by atoms with E-state index in [1.807, 2.05) is 20.2 Å². The number of hydrogen-bond acceptors (Lipinski definition) is 3. The number of aryl methyl sites for hydroxylation is 1. The Kier molecular flexibility index (Phi) is 6.31. The van der Waals surface area contributed by atoms with Crippen molar-refractivity contribution in [2.24, 2.45) is 13.0 Å². The fraction of sp³-hybridized carbons (Fsp3) is 0.692. The highest BCUT2D eigenvalue weighted by Gasteiger charge is 2.17. The van der Waals surface area contributed by atoms with Crippen LogP contribution >= 0.6 is 12.4 Å². The van der Waals surface area contributed by atoms with Gasteiger partial charge in [0.1, 0.15) is 0 Å². The predicted octanol–water partition coefficient (Wildman–Crippen LogP) is 1.41. The minimum absolute atomic E-state index is 0. The Morgan fingerprint density at radius 1 is 1.68 bits per heavy atom. The van der Waals surface area contributed by atoms with Crippen LogP contribution in [0.5, 0.6) is 0 Å². The van der Waals surface area contributed by atoms with Gasteiger partial charge in [0.15, 0.2) is 0 Å². The van der Waals surface area contributed by atoms with E-state index < -0.39 is 0 Å². The summed E-state index contributed by atoms with van der Waals surface area (Å²) in [5, 5.41) is 10.5. The first kappa shape index (κ1) is 16.0. The quantitative estimate of drug-likeness (QED) is 0.860. The molecular weight excluding hydrogens is 264 g/mol. The fourth-order valence-electron chi connectivity index (χ4n) is 2.36. The molecule has 2 unspecified atom stereocenters. The van der Waals surface area contributed by atoms with Crippen molar-refractivity contribution in [2.75, 3.05) is 13.1 Å². The summed E-state index contributed by atoms with van der Waals surface area (Å²) < 4.78 is 1.75. The predicted molar refractivity (Wildman–Crippen MR) is 77.2 cm³/mol. The van der Waals surface area contributed by atoms with E-state index in [1.165, 1.54) is 6.42 Å². The maximum absolute atomic E-state index is 11.8. The Balaban J connectivity index is 0.00000180. The van der Waals surface area contributed by atoms with Crippen molar-refractivity contribution in [3.05, 3.63) is 18.0 Å². The third-order valence-corrected chi connectivity index (χ3v) is 3.54. The van der Waals surface area contributed by atoms with Crippen LogP contribution in [0.4, 0.5) is 0 Å². The van der Waals surface area contributed by atoms with Gasteiger partial charge in [-0.1, -0.05) is 0 Å². The summed E-state index contributed by atoms with van der Waals surface area (Å²) in [5.74, 6) is 0.808. The molecule has 0 saturated carbocycles. The minimum Gasteiger partial charge on any atom is -0.349 e. The van der Waals surface area contributed by atoms with Crippen molar-refractivity contribution >= 4 is 18.3 Å². The summed E-state index contributed by atoms with van der Waals surface area (Å²) in [4.78, 5) is 11.8. The van der Waals surface area contributed by atoms with Gasteiger partial charge in [0.2, 0.25) is 5.91 Å². The van der Waals surface area contributed by atoms with Gasteiger partial charge in [0.25, 0.3) is 0 Å².